The number of aliphatic imine (C=N–C) groups is 1. The van der Waals surface area contributed by atoms with Crippen molar-refractivity contribution >= 4 is 23.2 Å². The second-order valence-corrected chi connectivity index (χ2v) is 1.33. The van der Waals surface area contributed by atoms with E-state index in [0.717, 1.165) is 0 Å². The summed E-state index contributed by atoms with van der Waals surface area (Å²) < 4.78 is 0. The van der Waals surface area contributed by atoms with Gasteiger partial charge in [-0.05, 0) is 12.2 Å². The number of hydrogen-bond donors (Lipinski definition) is 1. The van der Waals surface area contributed by atoms with Crippen LogP contribution in [0.4, 0.5) is 5.82 Å². The van der Waals surface area contributed by atoms with E-state index in [0.29, 0.717) is 5.82 Å². The van der Waals surface area contributed by atoms with Crippen LogP contribution < -0.4 is 0 Å². The highest BCUT2D eigenvalue weighted by Gasteiger charge is 1.81. The predicted molar refractivity (Wildman–Crippen MR) is 33.3 cm³/mol. The summed E-state index contributed by atoms with van der Waals surface area (Å²) in [5.41, 5.74) is 0. The van der Waals surface area contributed by atoms with Crippen LogP contribution >= 0.6 is 12.2 Å². The van der Waals surface area contributed by atoms with Gasteiger partial charge in [-0.3, -0.25) is 5.10 Å². The summed E-state index contributed by atoms with van der Waals surface area (Å²) in [4.78, 5) is 3.61. The van der Waals surface area contributed by atoms with Crippen LogP contribution in [-0.2, 0) is 0 Å². The largest absolute Gasteiger partial charge is 0.261 e. The Bertz CT molecular complexity index is 197. The summed E-state index contributed by atoms with van der Waals surface area (Å²) in [6.45, 7) is 0. The van der Waals surface area contributed by atoms with Gasteiger partial charge in [0, 0.05) is 6.07 Å². The molecule has 0 saturated heterocycles. The normalized spacial score (nSPS) is 8.00. The van der Waals surface area contributed by atoms with Gasteiger partial charge in [0.2, 0.25) is 0 Å². The fourth-order valence-electron chi connectivity index (χ4n) is 0.360. The minimum absolute atomic E-state index is 0.639. The summed E-state index contributed by atoms with van der Waals surface area (Å²) in [7, 11) is 0. The van der Waals surface area contributed by atoms with E-state index >= 15 is 0 Å². The van der Waals surface area contributed by atoms with Crippen molar-refractivity contribution in [1.82, 2.24) is 10.2 Å². The number of hydrogen-bond acceptors (Lipinski definition) is 3. The first-order valence-corrected chi connectivity index (χ1v) is 2.41. The van der Waals surface area contributed by atoms with Crippen molar-refractivity contribution in [3.05, 3.63) is 12.3 Å². The fourth-order valence-corrected chi connectivity index (χ4v) is 0.458. The molecule has 0 aliphatic carbocycles. The number of H-pyrrole nitrogens is 1. The van der Waals surface area contributed by atoms with Crippen LogP contribution in [-0.4, -0.2) is 15.4 Å². The van der Waals surface area contributed by atoms with Crippen molar-refractivity contribution in [3.8, 4) is 0 Å². The van der Waals surface area contributed by atoms with Crippen LogP contribution in [0.15, 0.2) is 17.3 Å². The molecular formula is C4H3N3S. The van der Waals surface area contributed by atoms with E-state index < -0.39 is 0 Å². The minimum Gasteiger partial charge on any atom is -0.261 e. The topological polar surface area (TPSA) is 41.0 Å². The Labute approximate surface area is 51.4 Å². The molecule has 1 heterocycles. The second-order valence-electron chi connectivity index (χ2n) is 1.14. The van der Waals surface area contributed by atoms with Crippen LogP contribution in [0.5, 0.6) is 0 Å². The SMILES string of the molecule is S=C=Nc1ccn[nH]1. The van der Waals surface area contributed by atoms with Crippen LogP contribution in [0.1, 0.15) is 0 Å². The maximum absolute atomic E-state index is 4.34. The highest BCUT2D eigenvalue weighted by Crippen LogP contribution is 2.00. The summed E-state index contributed by atoms with van der Waals surface area (Å²) >= 11 is 4.34. The molecule has 0 unspecified atom stereocenters. The Morgan fingerprint density at radius 3 is 3.25 bits per heavy atom. The van der Waals surface area contributed by atoms with E-state index in [1.807, 2.05) is 0 Å². The van der Waals surface area contributed by atoms with Crippen molar-refractivity contribution in [1.29, 1.82) is 0 Å². The van der Waals surface area contributed by atoms with Gasteiger partial charge in [-0.1, -0.05) is 0 Å². The molecule has 40 valence electrons. The second kappa shape index (κ2) is 2.35. The van der Waals surface area contributed by atoms with Gasteiger partial charge in [0.15, 0.2) is 5.82 Å². The molecular weight excluding hydrogens is 122 g/mol. The van der Waals surface area contributed by atoms with Crippen molar-refractivity contribution in [2.45, 2.75) is 0 Å². The van der Waals surface area contributed by atoms with Crippen LogP contribution in [0.25, 0.3) is 0 Å². The monoisotopic (exact) mass is 125 g/mol. The van der Waals surface area contributed by atoms with E-state index in [1.54, 1.807) is 12.3 Å². The molecule has 0 aromatic carbocycles. The molecule has 1 aromatic rings. The van der Waals surface area contributed by atoms with Gasteiger partial charge < -0.3 is 0 Å². The molecule has 0 radical (unpaired) electrons. The molecule has 0 saturated carbocycles. The lowest BCUT2D eigenvalue weighted by Gasteiger charge is -1.71. The molecule has 0 aliphatic heterocycles. The van der Waals surface area contributed by atoms with Gasteiger partial charge in [0.05, 0.1) is 11.4 Å². The first kappa shape index (κ1) is 5.15. The molecule has 1 aromatic heterocycles. The lowest BCUT2D eigenvalue weighted by atomic mass is 10.7. The van der Waals surface area contributed by atoms with Gasteiger partial charge in [-0.2, -0.15) is 10.1 Å². The highest BCUT2D eigenvalue weighted by atomic mass is 32.1. The van der Waals surface area contributed by atoms with E-state index in [2.05, 4.69) is 32.6 Å². The average molecular weight is 125 g/mol. The van der Waals surface area contributed by atoms with Gasteiger partial charge >= 0.3 is 0 Å². The molecule has 3 nitrogen and oxygen atoms in total. The summed E-state index contributed by atoms with van der Waals surface area (Å²) in [6, 6.07) is 1.71. The Kier molecular flexibility index (Phi) is 1.51. The summed E-state index contributed by atoms with van der Waals surface area (Å²) in [6.07, 6.45) is 1.60. The van der Waals surface area contributed by atoms with Crippen molar-refractivity contribution in [2.24, 2.45) is 4.99 Å². The van der Waals surface area contributed by atoms with Crippen LogP contribution in [0, 0.1) is 0 Å². The zero-order chi connectivity index (χ0) is 5.82. The zero-order valence-electron chi connectivity index (χ0n) is 3.96. The molecule has 1 rings (SSSR count). The average Bonchev–Trinajstić information content (AvgIpc) is 2.19. The number of nitrogens with zero attached hydrogens (tertiary/aromatic N) is 2. The molecule has 0 fully saturated rings. The molecule has 0 bridgehead atoms. The summed E-state index contributed by atoms with van der Waals surface area (Å²) in [5, 5.41) is 8.44. The van der Waals surface area contributed by atoms with Crippen molar-refractivity contribution in [3.63, 3.8) is 0 Å². The molecule has 0 atom stereocenters. The number of aromatic nitrogens is 2. The Balaban J connectivity index is 2.93. The quantitative estimate of drug-likeness (QED) is 0.451. The molecule has 4 heteroatoms. The predicted octanol–water partition coefficient (Wildman–Crippen LogP) is 1.14. The first-order valence-electron chi connectivity index (χ1n) is 2.01. The first-order chi connectivity index (χ1) is 3.93. The number of nitrogens with one attached hydrogen (secondary N) is 1. The fraction of sp³-hybridized carbons (Fsp3) is 0. The lowest BCUT2D eigenvalue weighted by molar-refractivity contribution is 1.08. The van der Waals surface area contributed by atoms with Crippen molar-refractivity contribution in [2.75, 3.05) is 0 Å². The Morgan fingerprint density at radius 1 is 1.88 bits per heavy atom. The standard InChI is InChI=1S/C4H3N3S/c8-3-5-4-1-2-6-7-4/h1-2H,(H,6,7). The smallest absolute Gasteiger partial charge is 0.158 e. The molecule has 0 spiro atoms. The van der Waals surface area contributed by atoms with Gasteiger partial charge in [0.25, 0.3) is 0 Å². The molecule has 0 aliphatic rings. The molecule has 0 amide bonds. The Hall–Kier alpha value is -0.990. The maximum Gasteiger partial charge on any atom is 0.158 e. The number of rotatable bonds is 1. The van der Waals surface area contributed by atoms with E-state index in [4.69, 9.17) is 0 Å². The minimum atomic E-state index is 0.639. The number of aromatic amines is 1. The Morgan fingerprint density at radius 2 is 2.75 bits per heavy atom. The maximum atomic E-state index is 4.34. The summed E-state index contributed by atoms with van der Waals surface area (Å²) in [5.74, 6) is 0.639. The van der Waals surface area contributed by atoms with Gasteiger partial charge in [-0.15, -0.1) is 0 Å². The van der Waals surface area contributed by atoms with Crippen molar-refractivity contribution < 1.29 is 0 Å². The van der Waals surface area contributed by atoms with E-state index in [-0.39, 0.29) is 0 Å². The molecule has 1 N–H and O–H groups in total. The van der Waals surface area contributed by atoms with E-state index in [9.17, 15) is 0 Å². The highest BCUT2D eigenvalue weighted by molar-refractivity contribution is 7.78. The number of thiocarbonyl (C=S) groups is 1. The molecule has 8 heavy (non-hydrogen) atoms. The third-order valence-electron chi connectivity index (χ3n) is 0.652. The van der Waals surface area contributed by atoms with E-state index in [1.165, 1.54) is 0 Å². The third kappa shape index (κ3) is 0.992. The lowest BCUT2D eigenvalue weighted by Crippen LogP contribution is -1.60. The van der Waals surface area contributed by atoms with Gasteiger partial charge in [-0.25, -0.2) is 0 Å². The zero-order valence-corrected chi connectivity index (χ0v) is 4.77. The van der Waals surface area contributed by atoms with Crippen LogP contribution in [0.3, 0.4) is 0 Å². The van der Waals surface area contributed by atoms with Gasteiger partial charge in [0.1, 0.15) is 0 Å². The third-order valence-corrected chi connectivity index (χ3v) is 0.743. The number of isothiocyanates is 1. The van der Waals surface area contributed by atoms with Crippen LogP contribution in [0.2, 0.25) is 0 Å².